The fourth-order valence-corrected chi connectivity index (χ4v) is 2.29. The highest BCUT2D eigenvalue weighted by molar-refractivity contribution is 5.82. The van der Waals surface area contributed by atoms with Crippen LogP contribution in [0.25, 0.3) is 0 Å². The smallest absolute Gasteiger partial charge is 0.257 e. The predicted molar refractivity (Wildman–Crippen MR) is 90.8 cm³/mol. The Kier molecular flexibility index (Phi) is 10.8. The molecule has 10 N–H and O–H groups in total. The molecule has 1 amide bonds. The molecule has 0 fully saturated rings. The average Bonchev–Trinajstić information content (AvgIpc) is 2.63. The lowest BCUT2D eigenvalue weighted by Crippen LogP contribution is -2.63. The highest BCUT2D eigenvalue weighted by Gasteiger charge is 2.43. The summed E-state index contributed by atoms with van der Waals surface area (Å²) in [6.07, 6.45) is -18.5. The number of hydrogen-bond donors (Lipinski definition) is 10. The van der Waals surface area contributed by atoms with Crippen LogP contribution in [0.5, 0.6) is 0 Å². The summed E-state index contributed by atoms with van der Waals surface area (Å²) >= 11 is 0. The molecule has 0 aliphatic rings. The molecule has 0 aromatic heterocycles. The SMILES string of the molecule is CNC(C)N(C(=O)[C@H](O)[C@@H](O)[C@@H](O)[C@@H](C)O)C(O)[C@@H](O)[C@@H](O)[C@H](O)[C@H](C)O. The Hall–Kier alpha value is -0.930. The molecule has 0 rings (SSSR count). The summed E-state index contributed by atoms with van der Waals surface area (Å²) in [5.74, 6) is -1.34. The summed E-state index contributed by atoms with van der Waals surface area (Å²) < 4.78 is 0. The van der Waals surface area contributed by atoms with Gasteiger partial charge in [-0.15, -0.1) is 0 Å². The topological polar surface area (TPSA) is 214 Å². The van der Waals surface area contributed by atoms with E-state index in [1.54, 1.807) is 0 Å². The number of nitrogens with zero attached hydrogens (tertiary/aromatic N) is 1. The molecule has 10 atom stereocenters. The van der Waals surface area contributed by atoms with E-state index in [1.165, 1.54) is 14.0 Å². The molecular formula is C15H32N2O10. The average molecular weight is 400 g/mol. The van der Waals surface area contributed by atoms with E-state index in [4.69, 9.17) is 0 Å². The molecule has 0 radical (unpaired) electrons. The molecule has 0 saturated carbocycles. The van der Waals surface area contributed by atoms with Crippen LogP contribution in [0.4, 0.5) is 0 Å². The van der Waals surface area contributed by atoms with E-state index in [1.807, 2.05) is 0 Å². The zero-order chi connectivity index (χ0) is 21.6. The first-order valence-corrected chi connectivity index (χ1v) is 8.41. The van der Waals surface area contributed by atoms with Crippen molar-refractivity contribution in [3.05, 3.63) is 0 Å². The van der Waals surface area contributed by atoms with Gasteiger partial charge in [-0.3, -0.25) is 9.69 Å². The van der Waals surface area contributed by atoms with Crippen LogP contribution in [0.1, 0.15) is 20.8 Å². The molecule has 12 heteroatoms. The lowest BCUT2D eigenvalue weighted by molar-refractivity contribution is -0.194. The first-order chi connectivity index (χ1) is 12.3. The number of amides is 1. The number of carbonyl (C=O) groups excluding carboxylic acids is 1. The van der Waals surface area contributed by atoms with E-state index in [0.29, 0.717) is 4.90 Å². The van der Waals surface area contributed by atoms with Gasteiger partial charge in [0.15, 0.2) is 12.3 Å². The lowest BCUT2D eigenvalue weighted by Gasteiger charge is -2.39. The van der Waals surface area contributed by atoms with Crippen LogP contribution >= 0.6 is 0 Å². The molecule has 0 spiro atoms. The van der Waals surface area contributed by atoms with Gasteiger partial charge in [0, 0.05) is 0 Å². The van der Waals surface area contributed by atoms with Crippen LogP contribution in [0.3, 0.4) is 0 Å². The molecule has 0 heterocycles. The first kappa shape index (κ1) is 26.1. The standard InChI is InChI=1S/C15H32N2O10/c1-5(18)8(20)10(22)12(24)14(26)17(7(3)16-4)15(27)13(25)11(23)9(21)6(2)19/h5-14,16,18-26H,1-4H3/t5-,6+,7?,8+,9-,10-,11-,12-,13+,14?/m0/s1. The fraction of sp³-hybridized carbons (Fsp3) is 0.933. The molecule has 0 aromatic rings. The summed E-state index contributed by atoms with van der Waals surface area (Å²) in [5, 5.41) is 90.4. The fourth-order valence-electron chi connectivity index (χ4n) is 2.29. The van der Waals surface area contributed by atoms with Crippen LogP contribution in [-0.2, 0) is 4.79 Å². The minimum absolute atomic E-state index is 0.477. The maximum atomic E-state index is 12.5. The van der Waals surface area contributed by atoms with Crippen molar-refractivity contribution in [2.45, 2.75) is 82.0 Å². The molecule has 0 aromatic carbocycles. The van der Waals surface area contributed by atoms with Crippen LogP contribution in [0.15, 0.2) is 0 Å². The molecular weight excluding hydrogens is 368 g/mol. The van der Waals surface area contributed by atoms with Crippen molar-refractivity contribution in [1.29, 1.82) is 0 Å². The third kappa shape index (κ3) is 6.57. The molecule has 0 saturated heterocycles. The Balaban J connectivity index is 5.56. The van der Waals surface area contributed by atoms with Crippen molar-refractivity contribution < 1.29 is 50.8 Å². The number of rotatable bonds is 11. The highest BCUT2D eigenvalue weighted by atomic mass is 16.4. The van der Waals surface area contributed by atoms with E-state index < -0.39 is 67.1 Å². The minimum Gasteiger partial charge on any atom is -0.391 e. The second-order valence-corrected chi connectivity index (χ2v) is 6.50. The molecule has 12 nitrogen and oxygen atoms in total. The predicted octanol–water partition coefficient (Wildman–Crippen LogP) is -5.37. The van der Waals surface area contributed by atoms with Gasteiger partial charge >= 0.3 is 0 Å². The molecule has 162 valence electrons. The number of aliphatic hydroxyl groups excluding tert-OH is 9. The van der Waals surface area contributed by atoms with Crippen LogP contribution in [0.2, 0.25) is 0 Å². The highest BCUT2D eigenvalue weighted by Crippen LogP contribution is 2.17. The second kappa shape index (κ2) is 11.2. The molecule has 27 heavy (non-hydrogen) atoms. The summed E-state index contributed by atoms with van der Waals surface area (Å²) in [6, 6.07) is 0. The van der Waals surface area contributed by atoms with Gasteiger partial charge < -0.3 is 51.3 Å². The molecule has 0 bridgehead atoms. The Labute approximate surface area is 156 Å². The third-order valence-corrected chi connectivity index (χ3v) is 4.29. The van der Waals surface area contributed by atoms with Gasteiger partial charge in [0.1, 0.15) is 30.5 Å². The quantitative estimate of drug-likeness (QED) is 0.148. The number of nitrogens with one attached hydrogen (secondary N) is 1. The molecule has 2 unspecified atom stereocenters. The summed E-state index contributed by atoms with van der Waals surface area (Å²) in [5.41, 5.74) is 0. The van der Waals surface area contributed by atoms with Crippen LogP contribution < -0.4 is 5.32 Å². The maximum Gasteiger partial charge on any atom is 0.257 e. The van der Waals surface area contributed by atoms with Gasteiger partial charge in [0.25, 0.3) is 5.91 Å². The van der Waals surface area contributed by atoms with E-state index in [2.05, 4.69) is 5.32 Å². The van der Waals surface area contributed by atoms with Gasteiger partial charge in [0.05, 0.1) is 18.4 Å². The summed E-state index contributed by atoms with van der Waals surface area (Å²) in [6.45, 7) is 3.59. The Morgan fingerprint density at radius 2 is 1.11 bits per heavy atom. The maximum absolute atomic E-state index is 12.5. The largest absolute Gasteiger partial charge is 0.391 e. The second-order valence-electron chi connectivity index (χ2n) is 6.50. The number of hydrogen-bond acceptors (Lipinski definition) is 11. The van der Waals surface area contributed by atoms with Gasteiger partial charge in [-0.2, -0.15) is 0 Å². The van der Waals surface area contributed by atoms with Gasteiger partial charge in [-0.1, -0.05) is 0 Å². The van der Waals surface area contributed by atoms with E-state index in [-0.39, 0.29) is 0 Å². The summed E-state index contributed by atoms with van der Waals surface area (Å²) in [7, 11) is 1.37. The van der Waals surface area contributed by atoms with Crippen molar-refractivity contribution in [3.8, 4) is 0 Å². The molecule has 0 aliphatic heterocycles. The van der Waals surface area contributed by atoms with Gasteiger partial charge in [-0.25, -0.2) is 0 Å². The van der Waals surface area contributed by atoms with Crippen molar-refractivity contribution in [2.75, 3.05) is 7.05 Å². The summed E-state index contributed by atoms with van der Waals surface area (Å²) in [4.78, 5) is 13.0. The van der Waals surface area contributed by atoms with Crippen LogP contribution in [0, 0.1) is 0 Å². The van der Waals surface area contributed by atoms with Crippen molar-refractivity contribution in [2.24, 2.45) is 0 Å². The van der Waals surface area contributed by atoms with Crippen LogP contribution in [-0.4, -0.2) is 125 Å². The van der Waals surface area contributed by atoms with Crippen molar-refractivity contribution >= 4 is 5.91 Å². The number of carbonyl (C=O) groups is 1. The van der Waals surface area contributed by atoms with E-state index >= 15 is 0 Å². The lowest BCUT2D eigenvalue weighted by atomic mass is 10.00. The number of aliphatic hydroxyl groups is 9. The first-order valence-electron chi connectivity index (χ1n) is 8.41. The van der Waals surface area contributed by atoms with Crippen molar-refractivity contribution in [1.82, 2.24) is 10.2 Å². The normalized spacial score (nSPS) is 23.3. The van der Waals surface area contributed by atoms with E-state index in [9.17, 15) is 50.8 Å². The van der Waals surface area contributed by atoms with Gasteiger partial charge in [-0.05, 0) is 27.8 Å². The Morgan fingerprint density at radius 3 is 1.48 bits per heavy atom. The monoisotopic (exact) mass is 400 g/mol. The zero-order valence-electron chi connectivity index (χ0n) is 15.7. The minimum atomic E-state index is -2.29. The molecule has 0 aliphatic carbocycles. The Morgan fingerprint density at radius 1 is 0.704 bits per heavy atom. The Bertz CT molecular complexity index is 452. The van der Waals surface area contributed by atoms with E-state index in [0.717, 1.165) is 13.8 Å². The third-order valence-electron chi connectivity index (χ3n) is 4.29. The van der Waals surface area contributed by atoms with Crippen molar-refractivity contribution in [3.63, 3.8) is 0 Å². The zero-order valence-corrected chi connectivity index (χ0v) is 15.7. The van der Waals surface area contributed by atoms with Gasteiger partial charge in [0.2, 0.25) is 0 Å².